The first-order valence-corrected chi connectivity index (χ1v) is 9.65. The standard InChI is InChI=1S/C22H14ClN3O5/c1-12-2-5-17-19(6-12)31-22(25-17)15-8-14(3-4-16(15)23)24-10-13-7-20-21(30-11-29-20)9-18(13)26(27)28/h2-10H,11H2,1H3. The fraction of sp³-hybridized carbons (Fsp3) is 0.0909. The predicted molar refractivity (Wildman–Crippen MR) is 116 cm³/mol. The summed E-state index contributed by atoms with van der Waals surface area (Å²) in [6, 6.07) is 13.7. The SMILES string of the molecule is Cc1ccc2nc(-c3cc(N=Cc4cc5c(cc4[N+](=O)[O-])OCO5)ccc3Cl)oc2c1. The van der Waals surface area contributed by atoms with Gasteiger partial charge in [0.05, 0.1) is 32.8 Å². The van der Waals surface area contributed by atoms with E-state index >= 15 is 0 Å². The van der Waals surface area contributed by atoms with Crippen molar-refractivity contribution in [2.45, 2.75) is 6.92 Å². The summed E-state index contributed by atoms with van der Waals surface area (Å²) in [6.45, 7) is 2.00. The first-order valence-electron chi connectivity index (χ1n) is 9.27. The molecule has 0 fully saturated rings. The van der Waals surface area contributed by atoms with Gasteiger partial charge in [-0.3, -0.25) is 15.1 Å². The first kappa shape index (κ1) is 19.1. The Morgan fingerprint density at radius 2 is 1.94 bits per heavy atom. The number of ether oxygens (including phenoxy) is 2. The number of oxazole rings is 1. The van der Waals surface area contributed by atoms with Gasteiger partial charge in [-0.25, -0.2) is 4.98 Å². The highest BCUT2D eigenvalue weighted by atomic mass is 35.5. The third-order valence-electron chi connectivity index (χ3n) is 4.80. The Kier molecular flexibility index (Phi) is 4.56. The molecule has 0 saturated carbocycles. The number of halogens is 1. The lowest BCUT2D eigenvalue weighted by Crippen LogP contribution is -1.94. The maximum Gasteiger partial charge on any atom is 0.282 e. The molecule has 4 aromatic rings. The number of aryl methyl sites for hydroxylation is 1. The Morgan fingerprint density at radius 1 is 1.13 bits per heavy atom. The van der Waals surface area contributed by atoms with Gasteiger partial charge in [0, 0.05) is 6.21 Å². The van der Waals surface area contributed by atoms with E-state index in [0.717, 1.165) is 11.1 Å². The van der Waals surface area contributed by atoms with E-state index in [2.05, 4.69) is 9.98 Å². The molecule has 0 saturated heterocycles. The van der Waals surface area contributed by atoms with E-state index in [4.69, 9.17) is 25.5 Å². The monoisotopic (exact) mass is 435 g/mol. The number of nitro benzene ring substituents is 1. The van der Waals surface area contributed by atoms with Gasteiger partial charge in [-0.1, -0.05) is 17.7 Å². The van der Waals surface area contributed by atoms with Gasteiger partial charge < -0.3 is 13.9 Å². The smallest absolute Gasteiger partial charge is 0.282 e. The molecule has 154 valence electrons. The minimum atomic E-state index is -0.489. The van der Waals surface area contributed by atoms with Gasteiger partial charge in [0.25, 0.3) is 5.69 Å². The van der Waals surface area contributed by atoms with Crippen molar-refractivity contribution in [2.75, 3.05) is 6.79 Å². The molecule has 0 N–H and O–H groups in total. The summed E-state index contributed by atoms with van der Waals surface area (Å²) < 4.78 is 16.4. The van der Waals surface area contributed by atoms with E-state index in [-0.39, 0.29) is 12.5 Å². The second kappa shape index (κ2) is 7.41. The number of hydrogen-bond donors (Lipinski definition) is 0. The van der Waals surface area contributed by atoms with E-state index < -0.39 is 4.92 Å². The molecule has 0 radical (unpaired) electrons. The van der Waals surface area contributed by atoms with Crippen LogP contribution in [0.25, 0.3) is 22.6 Å². The zero-order valence-electron chi connectivity index (χ0n) is 16.2. The number of nitro groups is 1. The van der Waals surface area contributed by atoms with Crippen molar-refractivity contribution in [2.24, 2.45) is 4.99 Å². The highest BCUT2D eigenvalue weighted by Gasteiger charge is 2.22. The van der Waals surface area contributed by atoms with Crippen LogP contribution in [0.1, 0.15) is 11.1 Å². The molecule has 31 heavy (non-hydrogen) atoms. The Balaban J connectivity index is 1.52. The molecule has 0 unspecified atom stereocenters. The Hall–Kier alpha value is -3.91. The molecule has 0 atom stereocenters. The minimum absolute atomic E-state index is 0.0254. The van der Waals surface area contributed by atoms with Crippen LogP contribution >= 0.6 is 11.6 Å². The van der Waals surface area contributed by atoms with Crippen LogP contribution in [-0.4, -0.2) is 22.9 Å². The minimum Gasteiger partial charge on any atom is -0.454 e. The summed E-state index contributed by atoms with van der Waals surface area (Å²) in [4.78, 5) is 19.8. The number of aliphatic imine (C=N–C) groups is 1. The van der Waals surface area contributed by atoms with Crippen LogP contribution in [0.5, 0.6) is 11.5 Å². The lowest BCUT2D eigenvalue weighted by Gasteiger charge is -2.03. The largest absolute Gasteiger partial charge is 0.454 e. The maximum absolute atomic E-state index is 11.4. The normalized spacial score (nSPS) is 12.7. The molecule has 1 aliphatic rings. The van der Waals surface area contributed by atoms with E-state index in [1.54, 1.807) is 18.2 Å². The molecule has 3 aromatic carbocycles. The van der Waals surface area contributed by atoms with Gasteiger partial charge in [0.2, 0.25) is 12.7 Å². The summed E-state index contributed by atoms with van der Waals surface area (Å²) in [7, 11) is 0. The van der Waals surface area contributed by atoms with E-state index in [9.17, 15) is 10.1 Å². The van der Waals surface area contributed by atoms with Crippen LogP contribution in [0.4, 0.5) is 11.4 Å². The average Bonchev–Trinajstić information content (AvgIpc) is 3.38. The molecule has 5 rings (SSSR count). The number of benzene rings is 3. The molecule has 0 amide bonds. The van der Waals surface area contributed by atoms with Crippen LogP contribution in [-0.2, 0) is 0 Å². The zero-order chi connectivity index (χ0) is 21.5. The molecular weight excluding hydrogens is 422 g/mol. The van der Waals surface area contributed by atoms with Gasteiger partial charge in [0.15, 0.2) is 17.1 Å². The first-order chi connectivity index (χ1) is 15.0. The third kappa shape index (κ3) is 3.57. The summed E-state index contributed by atoms with van der Waals surface area (Å²) in [5.74, 6) is 1.14. The Labute approximate surface area is 180 Å². The number of hydrogen-bond acceptors (Lipinski definition) is 7. The number of nitrogens with zero attached hydrogens (tertiary/aromatic N) is 3. The second-order valence-corrected chi connectivity index (χ2v) is 7.34. The van der Waals surface area contributed by atoms with Crippen LogP contribution < -0.4 is 9.47 Å². The molecule has 0 aliphatic carbocycles. The van der Waals surface area contributed by atoms with E-state index in [1.807, 2.05) is 25.1 Å². The highest BCUT2D eigenvalue weighted by molar-refractivity contribution is 6.33. The summed E-state index contributed by atoms with van der Waals surface area (Å²) in [6.07, 6.45) is 1.41. The van der Waals surface area contributed by atoms with Crippen molar-refractivity contribution in [3.05, 3.63) is 74.8 Å². The third-order valence-corrected chi connectivity index (χ3v) is 5.13. The van der Waals surface area contributed by atoms with Gasteiger partial charge in [0.1, 0.15) is 5.52 Å². The second-order valence-electron chi connectivity index (χ2n) is 6.93. The van der Waals surface area contributed by atoms with Gasteiger partial charge in [-0.15, -0.1) is 0 Å². The summed E-state index contributed by atoms with van der Waals surface area (Å²) in [5, 5.41) is 11.9. The van der Waals surface area contributed by atoms with Gasteiger partial charge in [-0.2, -0.15) is 0 Å². The quantitative estimate of drug-likeness (QED) is 0.226. The van der Waals surface area contributed by atoms with Gasteiger partial charge in [-0.05, 0) is 48.9 Å². The molecule has 0 spiro atoms. The van der Waals surface area contributed by atoms with Crippen molar-refractivity contribution in [1.82, 2.24) is 4.98 Å². The zero-order valence-corrected chi connectivity index (χ0v) is 16.9. The van der Waals surface area contributed by atoms with Crippen LogP contribution in [0.2, 0.25) is 5.02 Å². The summed E-state index contributed by atoms with van der Waals surface area (Å²) in [5.41, 5.74) is 3.72. The van der Waals surface area contributed by atoms with Crippen molar-refractivity contribution in [3.63, 3.8) is 0 Å². The van der Waals surface area contributed by atoms with Gasteiger partial charge >= 0.3 is 0 Å². The predicted octanol–water partition coefficient (Wildman–Crippen LogP) is 5.84. The van der Waals surface area contributed by atoms with Crippen molar-refractivity contribution in [3.8, 4) is 23.0 Å². The number of rotatable bonds is 4. The molecule has 1 aliphatic heterocycles. The molecule has 8 nitrogen and oxygen atoms in total. The van der Waals surface area contributed by atoms with E-state index in [1.165, 1.54) is 18.3 Å². The van der Waals surface area contributed by atoms with Crippen LogP contribution in [0.15, 0.2) is 57.9 Å². The van der Waals surface area contributed by atoms with Crippen LogP contribution in [0, 0.1) is 17.0 Å². The highest BCUT2D eigenvalue weighted by Crippen LogP contribution is 2.38. The lowest BCUT2D eigenvalue weighted by atomic mass is 10.1. The van der Waals surface area contributed by atoms with Crippen molar-refractivity contribution >= 4 is 40.3 Å². The average molecular weight is 436 g/mol. The number of fused-ring (bicyclic) bond motifs is 2. The molecule has 9 heteroatoms. The topological polar surface area (TPSA) is 100.0 Å². The van der Waals surface area contributed by atoms with Crippen molar-refractivity contribution < 1.29 is 18.8 Å². The van der Waals surface area contributed by atoms with Crippen LogP contribution in [0.3, 0.4) is 0 Å². The maximum atomic E-state index is 11.4. The number of aromatic nitrogens is 1. The van der Waals surface area contributed by atoms with E-state index in [0.29, 0.717) is 44.8 Å². The summed E-state index contributed by atoms with van der Waals surface area (Å²) >= 11 is 6.37. The molecule has 2 heterocycles. The Morgan fingerprint density at radius 3 is 2.74 bits per heavy atom. The molecule has 0 bridgehead atoms. The lowest BCUT2D eigenvalue weighted by molar-refractivity contribution is -0.385. The van der Waals surface area contributed by atoms with Crippen molar-refractivity contribution in [1.29, 1.82) is 0 Å². The fourth-order valence-corrected chi connectivity index (χ4v) is 3.46. The Bertz CT molecular complexity index is 1380. The molecule has 1 aromatic heterocycles. The fourth-order valence-electron chi connectivity index (χ4n) is 3.26. The molecular formula is C22H14ClN3O5.